The molecular weight excluding hydrogens is 306 g/mol. The minimum atomic E-state index is 0.429. The number of anilines is 1. The predicted molar refractivity (Wildman–Crippen MR) is 92.5 cm³/mol. The average molecular weight is 328 g/mol. The summed E-state index contributed by atoms with van der Waals surface area (Å²) in [6.07, 6.45) is 2.23. The summed E-state index contributed by atoms with van der Waals surface area (Å²) in [5.74, 6) is 0.726. The van der Waals surface area contributed by atoms with E-state index < -0.39 is 0 Å². The molecule has 116 valence electrons. The third kappa shape index (κ3) is 4.73. The Morgan fingerprint density at radius 2 is 2.14 bits per heavy atom. The van der Waals surface area contributed by atoms with Crippen molar-refractivity contribution in [3.63, 3.8) is 0 Å². The second kappa shape index (κ2) is 7.82. The number of halogens is 1. The van der Waals surface area contributed by atoms with Gasteiger partial charge in [-0.15, -0.1) is 0 Å². The zero-order valence-electron chi connectivity index (χ0n) is 12.5. The molecule has 0 saturated carbocycles. The van der Waals surface area contributed by atoms with Crippen LogP contribution < -0.4 is 15.4 Å². The number of piperidine rings is 1. The fourth-order valence-electron chi connectivity index (χ4n) is 2.52. The molecule has 1 aliphatic rings. The first-order chi connectivity index (χ1) is 10.1. The molecule has 0 spiro atoms. The molecule has 0 unspecified atom stereocenters. The van der Waals surface area contributed by atoms with Crippen LogP contribution in [-0.4, -0.2) is 42.8 Å². The molecule has 1 saturated heterocycles. The van der Waals surface area contributed by atoms with Gasteiger partial charge in [0.05, 0.1) is 12.8 Å². The minimum Gasteiger partial charge on any atom is -0.495 e. The molecule has 1 fully saturated rings. The predicted octanol–water partition coefficient (Wildman–Crippen LogP) is 3.12. The fourth-order valence-corrected chi connectivity index (χ4v) is 2.96. The molecule has 1 aromatic rings. The van der Waals surface area contributed by atoms with Crippen molar-refractivity contribution in [3.8, 4) is 5.75 Å². The summed E-state index contributed by atoms with van der Waals surface area (Å²) in [5.41, 5.74) is 0.786. The number of hydrogen-bond donors (Lipinski definition) is 2. The Bertz CT molecular complexity index is 490. The number of hydrogen-bond acceptors (Lipinski definition) is 3. The van der Waals surface area contributed by atoms with Crippen molar-refractivity contribution in [1.29, 1.82) is 0 Å². The summed E-state index contributed by atoms with van der Waals surface area (Å²) in [6, 6.07) is 5.86. The lowest BCUT2D eigenvalue weighted by atomic mass is 10.1. The summed E-state index contributed by atoms with van der Waals surface area (Å²) < 4.78 is 5.30. The van der Waals surface area contributed by atoms with E-state index in [0.29, 0.717) is 16.2 Å². The van der Waals surface area contributed by atoms with Crippen molar-refractivity contribution in [2.75, 3.05) is 32.1 Å². The van der Waals surface area contributed by atoms with E-state index in [1.54, 1.807) is 13.2 Å². The summed E-state index contributed by atoms with van der Waals surface area (Å²) in [5, 5.41) is 7.82. The van der Waals surface area contributed by atoms with Gasteiger partial charge in [-0.25, -0.2) is 0 Å². The molecule has 1 aliphatic heterocycles. The van der Waals surface area contributed by atoms with Gasteiger partial charge in [-0.05, 0) is 49.8 Å². The van der Waals surface area contributed by atoms with Crippen LogP contribution in [0.4, 0.5) is 5.69 Å². The molecular formula is C15H22ClN3OS. The van der Waals surface area contributed by atoms with Gasteiger partial charge in [0.1, 0.15) is 5.75 Å². The standard InChI is InChI=1S/C15H22ClN3OS/c1-3-19-8-6-12(7-9-19)17-15(21)18-13-10-11(16)4-5-14(13)20-2/h4-5,10,12H,3,6-9H2,1-2H3,(H2,17,18,21). The van der Waals surface area contributed by atoms with Crippen LogP contribution in [0.3, 0.4) is 0 Å². The number of thiocarbonyl (C=S) groups is 1. The number of benzene rings is 1. The van der Waals surface area contributed by atoms with E-state index in [1.807, 2.05) is 12.1 Å². The van der Waals surface area contributed by atoms with Gasteiger partial charge < -0.3 is 20.3 Å². The molecule has 2 rings (SSSR count). The second-order valence-corrected chi connectivity index (χ2v) is 6.00. The largest absolute Gasteiger partial charge is 0.495 e. The van der Waals surface area contributed by atoms with Crippen molar-refractivity contribution in [2.45, 2.75) is 25.8 Å². The fraction of sp³-hybridized carbons (Fsp3) is 0.533. The number of likely N-dealkylation sites (tertiary alicyclic amines) is 1. The molecule has 1 aromatic carbocycles. The lowest BCUT2D eigenvalue weighted by Gasteiger charge is -2.32. The Hall–Kier alpha value is -1.04. The van der Waals surface area contributed by atoms with Gasteiger partial charge in [-0.2, -0.15) is 0 Å². The number of nitrogens with one attached hydrogen (secondary N) is 2. The van der Waals surface area contributed by atoms with Gasteiger partial charge in [-0.3, -0.25) is 0 Å². The van der Waals surface area contributed by atoms with E-state index in [-0.39, 0.29) is 0 Å². The number of rotatable bonds is 4. The van der Waals surface area contributed by atoms with Crippen LogP contribution in [0.1, 0.15) is 19.8 Å². The molecule has 0 aliphatic carbocycles. The van der Waals surface area contributed by atoms with Crippen molar-refractivity contribution in [2.24, 2.45) is 0 Å². The summed E-state index contributed by atoms with van der Waals surface area (Å²) in [7, 11) is 1.63. The van der Waals surface area contributed by atoms with Crippen LogP contribution in [0, 0.1) is 0 Å². The van der Waals surface area contributed by atoms with Gasteiger partial charge in [0.25, 0.3) is 0 Å². The molecule has 2 N–H and O–H groups in total. The third-order valence-electron chi connectivity index (χ3n) is 3.78. The van der Waals surface area contributed by atoms with Gasteiger partial charge >= 0.3 is 0 Å². The van der Waals surface area contributed by atoms with Crippen LogP contribution >= 0.6 is 23.8 Å². The smallest absolute Gasteiger partial charge is 0.171 e. The lowest BCUT2D eigenvalue weighted by Crippen LogP contribution is -2.45. The Labute approximate surface area is 136 Å². The van der Waals surface area contributed by atoms with E-state index in [4.69, 9.17) is 28.6 Å². The molecule has 0 amide bonds. The molecule has 0 atom stereocenters. The second-order valence-electron chi connectivity index (χ2n) is 5.15. The maximum Gasteiger partial charge on any atom is 0.171 e. The maximum absolute atomic E-state index is 6.02. The summed E-state index contributed by atoms with van der Waals surface area (Å²) >= 11 is 11.4. The Kier molecular flexibility index (Phi) is 6.08. The van der Waals surface area contributed by atoms with Crippen LogP contribution in [0.2, 0.25) is 5.02 Å². The summed E-state index contributed by atoms with van der Waals surface area (Å²) in [4.78, 5) is 2.45. The minimum absolute atomic E-state index is 0.429. The number of methoxy groups -OCH3 is 1. The molecule has 6 heteroatoms. The van der Waals surface area contributed by atoms with E-state index in [0.717, 1.165) is 43.9 Å². The number of nitrogens with zero attached hydrogens (tertiary/aromatic N) is 1. The first-order valence-electron chi connectivity index (χ1n) is 7.25. The molecule has 21 heavy (non-hydrogen) atoms. The number of ether oxygens (including phenoxy) is 1. The van der Waals surface area contributed by atoms with Crippen LogP contribution in [0.5, 0.6) is 5.75 Å². The highest BCUT2D eigenvalue weighted by molar-refractivity contribution is 7.80. The van der Waals surface area contributed by atoms with Crippen molar-refractivity contribution in [1.82, 2.24) is 10.2 Å². The zero-order valence-corrected chi connectivity index (χ0v) is 14.1. The maximum atomic E-state index is 6.02. The molecule has 0 radical (unpaired) electrons. The van der Waals surface area contributed by atoms with Crippen LogP contribution in [-0.2, 0) is 0 Å². The topological polar surface area (TPSA) is 36.5 Å². The van der Waals surface area contributed by atoms with Crippen LogP contribution in [0.25, 0.3) is 0 Å². The van der Waals surface area contributed by atoms with E-state index in [1.165, 1.54) is 0 Å². The molecule has 0 bridgehead atoms. The average Bonchev–Trinajstić information content (AvgIpc) is 2.48. The monoisotopic (exact) mass is 327 g/mol. The molecule has 0 aromatic heterocycles. The van der Waals surface area contributed by atoms with Gasteiger partial charge in [0, 0.05) is 24.2 Å². The zero-order chi connectivity index (χ0) is 15.2. The van der Waals surface area contributed by atoms with Gasteiger partial charge in [0.2, 0.25) is 0 Å². The van der Waals surface area contributed by atoms with Crippen molar-refractivity contribution in [3.05, 3.63) is 23.2 Å². The lowest BCUT2D eigenvalue weighted by molar-refractivity contribution is 0.216. The Balaban J connectivity index is 1.89. The van der Waals surface area contributed by atoms with E-state index >= 15 is 0 Å². The first kappa shape index (κ1) is 16.3. The summed E-state index contributed by atoms with van der Waals surface area (Å²) in [6.45, 7) is 5.56. The third-order valence-corrected chi connectivity index (χ3v) is 4.23. The first-order valence-corrected chi connectivity index (χ1v) is 8.04. The van der Waals surface area contributed by atoms with Crippen molar-refractivity contribution >= 4 is 34.6 Å². The van der Waals surface area contributed by atoms with Gasteiger partial charge in [0.15, 0.2) is 5.11 Å². The highest BCUT2D eigenvalue weighted by Crippen LogP contribution is 2.27. The normalized spacial score (nSPS) is 16.5. The quantitative estimate of drug-likeness (QED) is 0.831. The van der Waals surface area contributed by atoms with Gasteiger partial charge in [-0.1, -0.05) is 18.5 Å². The molecule has 4 nitrogen and oxygen atoms in total. The highest BCUT2D eigenvalue weighted by atomic mass is 35.5. The highest BCUT2D eigenvalue weighted by Gasteiger charge is 2.18. The Morgan fingerprint density at radius 1 is 1.43 bits per heavy atom. The van der Waals surface area contributed by atoms with Crippen LogP contribution in [0.15, 0.2) is 18.2 Å². The Morgan fingerprint density at radius 3 is 2.76 bits per heavy atom. The van der Waals surface area contributed by atoms with Crippen molar-refractivity contribution < 1.29 is 4.74 Å². The van der Waals surface area contributed by atoms with E-state index in [9.17, 15) is 0 Å². The SMILES string of the molecule is CCN1CCC(NC(=S)Nc2cc(Cl)ccc2OC)CC1. The molecule has 1 heterocycles. The van der Waals surface area contributed by atoms with E-state index in [2.05, 4.69) is 22.5 Å².